The number of ether oxygens (including phenoxy) is 1. The number of para-hydroxylation sites is 1. The predicted octanol–water partition coefficient (Wildman–Crippen LogP) is 7.22. The molecule has 3 aromatic rings. The standard InChI is InChI=1S/C36H42N4O/c1-2-5-11-20-39-22-16-29-28(31-32-27(15-19-37-31)26-13-7-8-14-30(26)38-32)23-35(17-9-3-1)33-34(29,25-39)24-36(41-35)18-10-4-6-12-21-40(33)36/h1,3,7-8,10,13-15,18-19,23,29,33,38H,2,4-6,9,11-12,16-17,20-22,24-25H2/b3-1-,18-10-/t29?,33-,34-,35-,36-/m0/s1. The van der Waals surface area contributed by atoms with Gasteiger partial charge in [0.05, 0.1) is 17.3 Å². The molecule has 0 saturated carbocycles. The summed E-state index contributed by atoms with van der Waals surface area (Å²) in [6, 6.07) is 11.3. The highest BCUT2D eigenvalue weighted by Gasteiger charge is 2.76. The van der Waals surface area contributed by atoms with Crippen LogP contribution in [0.15, 0.2) is 66.9 Å². The summed E-state index contributed by atoms with van der Waals surface area (Å²) in [4.78, 5) is 14.7. The van der Waals surface area contributed by atoms with Gasteiger partial charge in [-0.2, -0.15) is 0 Å². The Morgan fingerprint density at radius 1 is 0.902 bits per heavy atom. The summed E-state index contributed by atoms with van der Waals surface area (Å²) in [6.45, 7) is 4.75. The lowest BCUT2D eigenvalue weighted by atomic mass is 9.53. The van der Waals surface area contributed by atoms with E-state index in [4.69, 9.17) is 9.72 Å². The number of hydrogen-bond donors (Lipinski definition) is 1. The van der Waals surface area contributed by atoms with Crippen LogP contribution in [-0.2, 0) is 4.74 Å². The lowest BCUT2D eigenvalue weighted by molar-refractivity contribution is -0.154. The van der Waals surface area contributed by atoms with Crippen LogP contribution < -0.4 is 0 Å². The second kappa shape index (κ2) is 9.13. The number of H-pyrrole nitrogens is 1. The number of benzene rings is 1. The van der Waals surface area contributed by atoms with E-state index >= 15 is 0 Å². The first-order valence-electron chi connectivity index (χ1n) is 16.3. The maximum atomic E-state index is 7.55. The summed E-state index contributed by atoms with van der Waals surface area (Å²) >= 11 is 0. The Morgan fingerprint density at radius 2 is 1.78 bits per heavy atom. The molecule has 2 unspecified atom stereocenters. The Labute approximate surface area is 243 Å². The molecule has 212 valence electrons. The van der Waals surface area contributed by atoms with Gasteiger partial charge in [-0.15, -0.1) is 0 Å². The van der Waals surface area contributed by atoms with Gasteiger partial charge in [-0.25, -0.2) is 0 Å². The number of nitrogens with zero attached hydrogens (tertiary/aromatic N) is 3. The average Bonchev–Trinajstić information content (AvgIpc) is 3.55. The van der Waals surface area contributed by atoms with Crippen LogP contribution in [0, 0.1) is 11.3 Å². The lowest BCUT2D eigenvalue weighted by Gasteiger charge is -2.59. The molecular weight excluding hydrogens is 504 g/mol. The van der Waals surface area contributed by atoms with Crippen LogP contribution in [0.2, 0.25) is 0 Å². The van der Waals surface area contributed by atoms with Crippen molar-refractivity contribution in [2.45, 2.75) is 81.6 Å². The molecule has 7 heterocycles. The normalized spacial score (nSPS) is 40.2. The van der Waals surface area contributed by atoms with Crippen LogP contribution in [0.1, 0.15) is 69.9 Å². The fourth-order valence-corrected chi connectivity index (χ4v) is 10.2. The molecule has 0 amide bonds. The first kappa shape index (κ1) is 24.8. The fourth-order valence-electron chi connectivity index (χ4n) is 10.2. The predicted molar refractivity (Wildman–Crippen MR) is 165 cm³/mol. The van der Waals surface area contributed by atoms with Gasteiger partial charge in [-0.05, 0) is 107 Å². The van der Waals surface area contributed by atoms with Gasteiger partial charge in [-0.1, -0.05) is 36.4 Å². The first-order valence-corrected chi connectivity index (χ1v) is 16.3. The van der Waals surface area contributed by atoms with Crippen LogP contribution in [-0.4, -0.2) is 63.3 Å². The minimum atomic E-state index is -0.296. The van der Waals surface area contributed by atoms with Gasteiger partial charge in [0.25, 0.3) is 0 Å². The number of rotatable bonds is 1. The number of aromatic amines is 1. The minimum absolute atomic E-state index is 0.170. The van der Waals surface area contributed by atoms with E-state index in [1.54, 1.807) is 0 Å². The third-order valence-electron chi connectivity index (χ3n) is 11.5. The van der Waals surface area contributed by atoms with Gasteiger partial charge in [-0.3, -0.25) is 9.88 Å². The van der Waals surface area contributed by atoms with E-state index in [-0.39, 0.29) is 16.7 Å². The SMILES string of the molecule is C1=C(c2nccc3c2[nH]c2ccccc23)C2CCN3CCCC/C=C\CC[C@]14O[C@]15/C=C\CCCCN1[C@H]4[C@]2(C3)C5. The highest BCUT2D eigenvalue weighted by Crippen LogP contribution is 2.70. The van der Waals surface area contributed by atoms with Crippen molar-refractivity contribution in [3.05, 3.63) is 72.6 Å². The maximum absolute atomic E-state index is 7.55. The minimum Gasteiger partial charge on any atom is -0.353 e. The second-order valence-electron chi connectivity index (χ2n) is 13.8. The van der Waals surface area contributed by atoms with Crippen molar-refractivity contribution >= 4 is 27.4 Å². The number of allylic oxidation sites excluding steroid dienone is 4. The number of nitrogens with one attached hydrogen (secondary N) is 1. The molecule has 1 aromatic carbocycles. The van der Waals surface area contributed by atoms with E-state index in [9.17, 15) is 0 Å². The molecule has 6 aliphatic rings. The van der Waals surface area contributed by atoms with Crippen LogP contribution >= 0.6 is 0 Å². The first-order chi connectivity index (χ1) is 20.2. The molecule has 5 aliphatic heterocycles. The van der Waals surface area contributed by atoms with E-state index in [1.165, 1.54) is 92.0 Å². The quantitative estimate of drug-likeness (QED) is 0.327. The number of pyridine rings is 1. The average molecular weight is 547 g/mol. The summed E-state index contributed by atoms with van der Waals surface area (Å²) in [6.07, 6.45) is 26.4. The third kappa shape index (κ3) is 3.49. The molecular formula is C36H42N4O. The van der Waals surface area contributed by atoms with E-state index in [0.29, 0.717) is 12.0 Å². The third-order valence-corrected chi connectivity index (χ3v) is 11.5. The van der Waals surface area contributed by atoms with Gasteiger partial charge < -0.3 is 14.6 Å². The molecule has 5 heteroatoms. The van der Waals surface area contributed by atoms with Crippen molar-refractivity contribution in [2.24, 2.45) is 11.3 Å². The van der Waals surface area contributed by atoms with Crippen LogP contribution in [0.4, 0.5) is 0 Å². The number of aromatic nitrogens is 2. The topological polar surface area (TPSA) is 44.4 Å². The molecule has 9 rings (SSSR count). The molecule has 1 aliphatic carbocycles. The highest BCUT2D eigenvalue weighted by molar-refractivity contribution is 6.09. The highest BCUT2D eigenvalue weighted by atomic mass is 16.6. The van der Waals surface area contributed by atoms with Crippen molar-refractivity contribution in [2.75, 3.05) is 26.2 Å². The van der Waals surface area contributed by atoms with Crippen LogP contribution in [0.5, 0.6) is 0 Å². The fraction of sp³-hybridized carbons (Fsp3) is 0.528. The van der Waals surface area contributed by atoms with Gasteiger partial charge in [0.15, 0.2) is 0 Å². The Bertz CT molecular complexity index is 1600. The maximum Gasteiger partial charge on any atom is 0.143 e. The monoisotopic (exact) mass is 546 g/mol. The Balaban J connectivity index is 1.29. The Hall–Kier alpha value is -2.73. The Morgan fingerprint density at radius 3 is 2.76 bits per heavy atom. The summed E-state index contributed by atoms with van der Waals surface area (Å²) in [7, 11) is 0. The Kier molecular flexibility index (Phi) is 5.53. The van der Waals surface area contributed by atoms with E-state index < -0.39 is 0 Å². The van der Waals surface area contributed by atoms with Crippen LogP contribution in [0.25, 0.3) is 27.4 Å². The van der Waals surface area contributed by atoms with Crippen molar-refractivity contribution in [3.8, 4) is 0 Å². The molecule has 1 spiro atoms. The molecule has 0 radical (unpaired) electrons. The van der Waals surface area contributed by atoms with Crippen molar-refractivity contribution < 1.29 is 4.74 Å². The largest absolute Gasteiger partial charge is 0.353 e. The lowest BCUT2D eigenvalue weighted by Crippen LogP contribution is -2.65. The molecule has 5 bridgehead atoms. The van der Waals surface area contributed by atoms with Crippen molar-refractivity contribution in [1.82, 2.24) is 19.8 Å². The number of piperidine rings is 1. The summed E-state index contributed by atoms with van der Waals surface area (Å²) in [5.74, 6) is 0.490. The van der Waals surface area contributed by atoms with Gasteiger partial charge in [0, 0.05) is 47.4 Å². The zero-order valence-electron chi connectivity index (χ0n) is 24.2. The van der Waals surface area contributed by atoms with E-state index in [2.05, 4.69) is 75.5 Å². The summed E-state index contributed by atoms with van der Waals surface area (Å²) in [5.41, 5.74) is 4.61. The molecule has 1 N–H and O–H groups in total. The zero-order chi connectivity index (χ0) is 27.1. The van der Waals surface area contributed by atoms with Crippen LogP contribution in [0.3, 0.4) is 0 Å². The molecule has 3 saturated heterocycles. The number of fused-ring (bicyclic) bond motifs is 4. The van der Waals surface area contributed by atoms with Crippen molar-refractivity contribution in [1.29, 1.82) is 0 Å². The van der Waals surface area contributed by atoms with Gasteiger partial charge >= 0.3 is 0 Å². The van der Waals surface area contributed by atoms with Crippen molar-refractivity contribution in [3.63, 3.8) is 0 Å². The molecule has 6 atom stereocenters. The zero-order valence-corrected chi connectivity index (χ0v) is 24.2. The van der Waals surface area contributed by atoms with E-state index in [0.717, 1.165) is 31.5 Å². The molecule has 2 aromatic heterocycles. The van der Waals surface area contributed by atoms with Gasteiger partial charge in [0.1, 0.15) is 11.3 Å². The smallest absolute Gasteiger partial charge is 0.143 e. The van der Waals surface area contributed by atoms with E-state index in [1.807, 2.05) is 6.20 Å². The summed E-state index contributed by atoms with van der Waals surface area (Å²) < 4.78 is 7.55. The molecule has 3 fully saturated rings. The summed E-state index contributed by atoms with van der Waals surface area (Å²) in [5, 5.41) is 2.58. The second-order valence-corrected chi connectivity index (χ2v) is 13.8. The number of hydrogen-bond acceptors (Lipinski definition) is 4. The van der Waals surface area contributed by atoms with Gasteiger partial charge in [0.2, 0.25) is 0 Å². The molecule has 5 nitrogen and oxygen atoms in total. The molecule has 41 heavy (non-hydrogen) atoms.